The molecule has 0 atom stereocenters. The Morgan fingerprint density at radius 1 is 1.22 bits per heavy atom. The Labute approximate surface area is 139 Å². The number of thiophene rings is 1. The number of aryl methyl sites for hydroxylation is 1. The van der Waals surface area contributed by atoms with E-state index in [0.29, 0.717) is 6.42 Å². The van der Waals surface area contributed by atoms with Gasteiger partial charge in [-0.15, -0.1) is 11.3 Å². The topological polar surface area (TPSA) is 57.8 Å². The lowest BCUT2D eigenvalue weighted by atomic mass is 10.1. The molecule has 2 N–H and O–H groups in total. The van der Waals surface area contributed by atoms with Crippen LogP contribution in [0.3, 0.4) is 0 Å². The maximum Gasteiger partial charge on any atom is 0.228 e. The van der Waals surface area contributed by atoms with Gasteiger partial charge in [0.1, 0.15) is 5.69 Å². The maximum absolute atomic E-state index is 12.4. The molecule has 0 aliphatic carbocycles. The molecule has 23 heavy (non-hydrogen) atoms. The first-order chi connectivity index (χ1) is 11.3. The van der Waals surface area contributed by atoms with Crippen LogP contribution in [0.25, 0.3) is 10.6 Å². The van der Waals surface area contributed by atoms with E-state index < -0.39 is 0 Å². The molecular formula is C18H19N3OS. The molecule has 0 unspecified atom stereocenters. The number of amides is 1. The first kappa shape index (κ1) is 15.5. The van der Waals surface area contributed by atoms with Gasteiger partial charge in [-0.05, 0) is 23.4 Å². The summed E-state index contributed by atoms with van der Waals surface area (Å²) in [5, 5.41) is 12.6. The molecule has 118 valence electrons. The van der Waals surface area contributed by atoms with Crippen LogP contribution in [0.5, 0.6) is 0 Å². The number of nitrogens with zero attached hydrogens (tertiary/aromatic N) is 1. The fraction of sp³-hybridized carbons (Fsp3) is 0.222. The highest BCUT2D eigenvalue weighted by atomic mass is 32.1. The molecule has 1 aromatic carbocycles. The maximum atomic E-state index is 12.4. The smallest absolute Gasteiger partial charge is 0.228 e. The molecule has 0 radical (unpaired) electrons. The number of H-pyrrole nitrogens is 1. The lowest BCUT2D eigenvalue weighted by molar-refractivity contribution is -0.115. The molecule has 0 saturated carbocycles. The van der Waals surface area contributed by atoms with Gasteiger partial charge in [-0.1, -0.05) is 49.7 Å². The van der Waals surface area contributed by atoms with E-state index in [2.05, 4.69) is 22.4 Å². The zero-order chi connectivity index (χ0) is 16.1. The van der Waals surface area contributed by atoms with Crippen LogP contribution >= 0.6 is 11.3 Å². The van der Waals surface area contributed by atoms with Gasteiger partial charge in [-0.25, -0.2) is 0 Å². The molecular weight excluding hydrogens is 306 g/mol. The summed E-state index contributed by atoms with van der Waals surface area (Å²) in [5.74, 6) is -0.0206. The van der Waals surface area contributed by atoms with Crippen molar-refractivity contribution in [3.05, 3.63) is 59.1 Å². The third-order valence-corrected chi connectivity index (χ3v) is 4.44. The van der Waals surface area contributed by atoms with Gasteiger partial charge >= 0.3 is 0 Å². The van der Waals surface area contributed by atoms with Gasteiger partial charge in [-0.2, -0.15) is 5.10 Å². The molecule has 0 saturated heterocycles. The van der Waals surface area contributed by atoms with Gasteiger partial charge in [0.15, 0.2) is 0 Å². The number of aromatic amines is 1. The third kappa shape index (κ3) is 3.68. The highest BCUT2D eigenvalue weighted by Crippen LogP contribution is 2.32. The fourth-order valence-corrected chi connectivity index (χ4v) is 3.22. The SMILES string of the molecule is CCCc1[nH]nc(-c2cccs2)c1NC(=O)Cc1ccccc1. The fourth-order valence-electron chi connectivity index (χ4n) is 2.50. The summed E-state index contributed by atoms with van der Waals surface area (Å²) < 4.78 is 0. The quantitative estimate of drug-likeness (QED) is 0.711. The van der Waals surface area contributed by atoms with Crippen LogP contribution in [-0.4, -0.2) is 16.1 Å². The molecule has 1 amide bonds. The minimum atomic E-state index is -0.0206. The molecule has 3 aromatic rings. The van der Waals surface area contributed by atoms with Gasteiger partial charge in [0.2, 0.25) is 5.91 Å². The monoisotopic (exact) mass is 325 g/mol. The van der Waals surface area contributed by atoms with E-state index in [0.717, 1.165) is 40.4 Å². The minimum Gasteiger partial charge on any atom is -0.322 e. The summed E-state index contributed by atoms with van der Waals surface area (Å²) in [6.07, 6.45) is 2.22. The zero-order valence-electron chi connectivity index (χ0n) is 13.0. The lowest BCUT2D eigenvalue weighted by Gasteiger charge is -2.08. The standard InChI is InChI=1S/C18H19N3OS/c1-2-7-14-17(18(21-20-14)15-10-6-11-23-15)19-16(22)12-13-8-4-3-5-9-13/h3-6,8-11H,2,7,12H2,1H3,(H,19,22)(H,20,21). The van der Waals surface area contributed by atoms with Gasteiger partial charge in [0.25, 0.3) is 0 Å². The average Bonchev–Trinajstić information content (AvgIpc) is 3.19. The first-order valence-corrected chi connectivity index (χ1v) is 8.60. The highest BCUT2D eigenvalue weighted by Gasteiger charge is 2.17. The van der Waals surface area contributed by atoms with Crippen molar-refractivity contribution < 1.29 is 4.79 Å². The molecule has 0 bridgehead atoms. The molecule has 2 aromatic heterocycles. The van der Waals surface area contributed by atoms with Crippen molar-refractivity contribution in [2.24, 2.45) is 0 Å². The van der Waals surface area contributed by atoms with Crippen molar-refractivity contribution in [1.29, 1.82) is 0 Å². The van der Waals surface area contributed by atoms with Crippen LogP contribution in [0.4, 0.5) is 5.69 Å². The van der Waals surface area contributed by atoms with Gasteiger partial charge in [0, 0.05) is 0 Å². The van der Waals surface area contributed by atoms with Crippen molar-refractivity contribution in [1.82, 2.24) is 10.2 Å². The molecule has 0 spiro atoms. The van der Waals surface area contributed by atoms with Gasteiger partial charge < -0.3 is 5.32 Å². The molecule has 3 rings (SSSR count). The Hall–Kier alpha value is -2.40. The number of hydrogen-bond acceptors (Lipinski definition) is 3. The van der Waals surface area contributed by atoms with E-state index in [1.54, 1.807) is 11.3 Å². The highest BCUT2D eigenvalue weighted by molar-refractivity contribution is 7.13. The number of hydrogen-bond donors (Lipinski definition) is 2. The summed E-state index contributed by atoms with van der Waals surface area (Å²) in [7, 11) is 0. The van der Waals surface area contributed by atoms with Crippen LogP contribution < -0.4 is 5.32 Å². The Morgan fingerprint density at radius 2 is 2.04 bits per heavy atom. The van der Waals surface area contributed by atoms with Crippen LogP contribution in [0.2, 0.25) is 0 Å². The van der Waals surface area contributed by atoms with E-state index in [4.69, 9.17) is 0 Å². The van der Waals surface area contributed by atoms with E-state index in [9.17, 15) is 4.79 Å². The van der Waals surface area contributed by atoms with Crippen molar-refractivity contribution in [3.63, 3.8) is 0 Å². The molecule has 0 fully saturated rings. The number of benzene rings is 1. The predicted octanol–water partition coefficient (Wildman–Crippen LogP) is 4.27. The van der Waals surface area contributed by atoms with Crippen molar-refractivity contribution in [2.45, 2.75) is 26.2 Å². The average molecular weight is 325 g/mol. The summed E-state index contributed by atoms with van der Waals surface area (Å²) in [4.78, 5) is 13.5. The van der Waals surface area contributed by atoms with Crippen molar-refractivity contribution in [2.75, 3.05) is 5.32 Å². The second kappa shape index (κ2) is 7.24. The van der Waals surface area contributed by atoms with Crippen molar-refractivity contribution >= 4 is 22.9 Å². The largest absolute Gasteiger partial charge is 0.322 e. The van der Waals surface area contributed by atoms with Crippen LogP contribution in [0.15, 0.2) is 47.8 Å². The van der Waals surface area contributed by atoms with E-state index in [-0.39, 0.29) is 5.91 Å². The zero-order valence-corrected chi connectivity index (χ0v) is 13.8. The third-order valence-electron chi connectivity index (χ3n) is 3.57. The number of anilines is 1. The van der Waals surface area contributed by atoms with Crippen molar-refractivity contribution in [3.8, 4) is 10.6 Å². The summed E-state index contributed by atoms with van der Waals surface area (Å²) >= 11 is 1.62. The van der Waals surface area contributed by atoms with E-state index in [1.807, 2.05) is 47.8 Å². The number of nitrogens with one attached hydrogen (secondary N) is 2. The number of rotatable bonds is 6. The molecule has 2 heterocycles. The number of aromatic nitrogens is 2. The second-order valence-electron chi connectivity index (χ2n) is 5.36. The molecule has 0 aliphatic heterocycles. The van der Waals surface area contributed by atoms with Crippen LogP contribution in [0, 0.1) is 0 Å². The summed E-state index contributed by atoms with van der Waals surface area (Å²) in [5.41, 5.74) is 3.63. The van der Waals surface area contributed by atoms with Crippen LogP contribution in [0.1, 0.15) is 24.6 Å². The molecule has 4 nitrogen and oxygen atoms in total. The lowest BCUT2D eigenvalue weighted by Crippen LogP contribution is -2.15. The van der Waals surface area contributed by atoms with Gasteiger partial charge in [0.05, 0.1) is 22.7 Å². The molecule has 5 heteroatoms. The van der Waals surface area contributed by atoms with E-state index >= 15 is 0 Å². The summed E-state index contributed by atoms with van der Waals surface area (Å²) in [6, 6.07) is 13.8. The second-order valence-corrected chi connectivity index (χ2v) is 6.31. The Bertz CT molecular complexity index is 763. The Kier molecular flexibility index (Phi) is 4.88. The number of carbonyl (C=O) groups is 1. The predicted molar refractivity (Wildman–Crippen MR) is 94.7 cm³/mol. The Balaban J connectivity index is 1.83. The summed E-state index contributed by atoms with van der Waals surface area (Å²) in [6.45, 7) is 2.11. The normalized spacial score (nSPS) is 10.7. The van der Waals surface area contributed by atoms with E-state index in [1.165, 1.54) is 0 Å². The number of carbonyl (C=O) groups excluding carboxylic acids is 1. The minimum absolute atomic E-state index is 0.0206. The van der Waals surface area contributed by atoms with Gasteiger partial charge in [-0.3, -0.25) is 9.89 Å². The Morgan fingerprint density at radius 3 is 2.74 bits per heavy atom. The molecule has 0 aliphatic rings. The van der Waals surface area contributed by atoms with Crippen LogP contribution in [-0.2, 0) is 17.6 Å². The first-order valence-electron chi connectivity index (χ1n) is 7.72.